The standard InChI is InChI=1S/C13H17NO.ClH/c15-10-4-5-12-11(8-10)13(9-14-12)6-2-1-3-7-13;/h4-5,8,14-15H,1-3,6-7,9H2;1H. The minimum Gasteiger partial charge on any atom is -0.508 e. The minimum absolute atomic E-state index is 0. The molecule has 1 aromatic carbocycles. The van der Waals surface area contributed by atoms with E-state index in [0.717, 1.165) is 6.54 Å². The molecule has 1 fully saturated rings. The zero-order chi connectivity index (χ0) is 10.3. The van der Waals surface area contributed by atoms with Gasteiger partial charge >= 0.3 is 0 Å². The maximum atomic E-state index is 9.58. The van der Waals surface area contributed by atoms with Gasteiger partial charge in [0.2, 0.25) is 0 Å². The van der Waals surface area contributed by atoms with Gasteiger partial charge in [-0.2, -0.15) is 0 Å². The predicted octanol–water partition coefficient (Wildman–Crippen LogP) is 3.44. The van der Waals surface area contributed by atoms with Crippen LogP contribution < -0.4 is 5.32 Å². The fourth-order valence-electron chi connectivity index (χ4n) is 3.16. The third-order valence-electron chi connectivity index (χ3n) is 4.00. The minimum atomic E-state index is 0. The first-order valence-electron chi connectivity index (χ1n) is 5.88. The average molecular weight is 240 g/mol. The highest BCUT2D eigenvalue weighted by Crippen LogP contribution is 2.47. The molecule has 3 heteroatoms. The summed E-state index contributed by atoms with van der Waals surface area (Å²) in [6.07, 6.45) is 6.58. The molecule has 0 saturated heterocycles. The van der Waals surface area contributed by atoms with E-state index in [2.05, 4.69) is 5.32 Å². The predicted molar refractivity (Wildman–Crippen MR) is 68.6 cm³/mol. The quantitative estimate of drug-likeness (QED) is 0.680. The molecule has 0 aromatic heterocycles. The molecule has 1 spiro atoms. The Hall–Kier alpha value is -0.890. The lowest BCUT2D eigenvalue weighted by atomic mass is 9.71. The Labute approximate surface area is 102 Å². The topological polar surface area (TPSA) is 32.3 Å². The first kappa shape index (κ1) is 11.6. The number of aromatic hydroxyl groups is 1. The van der Waals surface area contributed by atoms with Crippen molar-refractivity contribution in [2.75, 3.05) is 11.9 Å². The van der Waals surface area contributed by atoms with Gasteiger partial charge in [0.15, 0.2) is 0 Å². The number of nitrogens with one attached hydrogen (secondary N) is 1. The van der Waals surface area contributed by atoms with Gasteiger partial charge in [-0.3, -0.25) is 0 Å². The number of halogens is 1. The Morgan fingerprint density at radius 1 is 1.12 bits per heavy atom. The molecule has 2 N–H and O–H groups in total. The second-order valence-corrected chi connectivity index (χ2v) is 4.92. The monoisotopic (exact) mass is 239 g/mol. The van der Waals surface area contributed by atoms with Crippen LogP contribution in [0.15, 0.2) is 18.2 Å². The molecule has 0 radical (unpaired) electrons. The van der Waals surface area contributed by atoms with Crippen LogP contribution in [0.1, 0.15) is 37.7 Å². The second-order valence-electron chi connectivity index (χ2n) is 4.92. The summed E-state index contributed by atoms with van der Waals surface area (Å²) in [4.78, 5) is 0. The third-order valence-corrected chi connectivity index (χ3v) is 4.00. The Kier molecular flexibility index (Phi) is 3.02. The van der Waals surface area contributed by atoms with Crippen molar-refractivity contribution in [3.63, 3.8) is 0 Å². The molecular formula is C13H18ClNO. The van der Waals surface area contributed by atoms with Gasteiger partial charge < -0.3 is 10.4 Å². The maximum absolute atomic E-state index is 9.58. The van der Waals surface area contributed by atoms with E-state index in [0.29, 0.717) is 11.2 Å². The highest BCUT2D eigenvalue weighted by molar-refractivity contribution is 5.85. The largest absolute Gasteiger partial charge is 0.508 e. The summed E-state index contributed by atoms with van der Waals surface area (Å²) in [6, 6.07) is 5.74. The van der Waals surface area contributed by atoms with E-state index in [-0.39, 0.29) is 12.4 Å². The van der Waals surface area contributed by atoms with Crippen LogP contribution in [0, 0.1) is 0 Å². The van der Waals surface area contributed by atoms with Crippen LogP contribution >= 0.6 is 12.4 Å². The van der Waals surface area contributed by atoms with Gasteiger partial charge in [0.05, 0.1) is 0 Å². The number of phenols is 1. The highest BCUT2D eigenvalue weighted by Gasteiger charge is 2.39. The van der Waals surface area contributed by atoms with Gasteiger partial charge in [0.1, 0.15) is 5.75 Å². The van der Waals surface area contributed by atoms with E-state index in [4.69, 9.17) is 0 Å². The summed E-state index contributed by atoms with van der Waals surface area (Å²) in [5.74, 6) is 0.405. The van der Waals surface area contributed by atoms with Crippen molar-refractivity contribution >= 4 is 18.1 Å². The van der Waals surface area contributed by atoms with Gasteiger partial charge in [0.25, 0.3) is 0 Å². The van der Waals surface area contributed by atoms with Crippen LogP contribution in [0.5, 0.6) is 5.75 Å². The van der Waals surface area contributed by atoms with Crippen molar-refractivity contribution in [3.8, 4) is 5.75 Å². The van der Waals surface area contributed by atoms with Gasteiger partial charge in [-0.25, -0.2) is 0 Å². The number of phenolic OH excluding ortho intramolecular Hbond substituents is 1. The number of benzene rings is 1. The van der Waals surface area contributed by atoms with Crippen LogP contribution in [0.4, 0.5) is 5.69 Å². The number of rotatable bonds is 0. The highest BCUT2D eigenvalue weighted by atomic mass is 35.5. The molecule has 0 atom stereocenters. The molecule has 2 aliphatic rings. The van der Waals surface area contributed by atoms with Gasteiger partial charge in [-0.05, 0) is 36.6 Å². The van der Waals surface area contributed by atoms with E-state index in [9.17, 15) is 5.11 Å². The molecular weight excluding hydrogens is 222 g/mol. The molecule has 0 bridgehead atoms. The van der Waals surface area contributed by atoms with Crippen molar-refractivity contribution in [2.45, 2.75) is 37.5 Å². The van der Waals surface area contributed by atoms with Gasteiger partial charge in [-0.15, -0.1) is 12.4 Å². The summed E-state index contributed by atoms with van der Waals surface area (Å²) < 4.78 is 0. The molecule has 1 heterocycles. The first-order chi connectivity index (χ1) is 7.30. The van der Waals surface area contributed by atoms with E-state index in [1.807, 2.05) is 12.1 Å². The molecule has 1 aliphatic heterocycles. The number of hydrogen-bond acceptors (Lipinski definition) is 2. The normalized spacial score (nSPS) is 21.0. The molecule has 16 heavy (non-hydrogen) atoms. The lowest BCUT2D eigenvalue weighted by Gasteiger charge is -2.33. The molecule has 1 aliphatic carbocycles. The fourth-order valence-corrected chi connectivity index (χ4v) is 3.16. The molecule has 0 amide bonds. The molecule has 88 valence electrons. The summed E-state index contributed by atoms with van der Waals surface area (Å²) in [7, 11) is 0. The van der Waals surface area contributed by atoms with Crippen LogP contribution in [0.3, 0.4) is 0 Å². The SMILES string of the molecule is Cl.Oc1ccc2c(c1)C1(CCCCC1)CN2. The summed E-state index contributed by atoms with van der Waals surface area (Å²) in [5, 5.41) is 13.1. The van der Waals surface area contributed by atoms with Crippen molar-refractivity contribution in [2.24, 2.45) is 0 Å². The van der Waals surface area contributed by atoms with Crippen molar-refractivity contribution < 1.29 is 5.11 Å². The van der Waals surface area contributed by atoms with Crippen molar-refractivity contribution in [1.82, 2.24) is 0 Å². The average Bonchev–Trinajstić information content (AvgIpc) is 2.59. The molecule has 0 unspecified atom stereocenters. The lowest BCUT2D eigenvalue weighted by Crippen LogP contribution is -2.30. The van der Waals surface area contributed by atoms with E-state index < -0.39 is 0 Å². The van der Waals surface area contributed by atoms with Crippen LogP contribution in [-0.2, 0) is 5.41 Å². The summed E-state index contributed by atoms with van der Waals surface area (Å²) in [6.45, 7) is 1.06. The number of anilines is 1. The zero-order valence-corrected chi connectivity index (χ0v) is 10.1. The van der Waals surface area contributed by atoms with E-state index in [1.54, 1.807) is 6.07 Å². The molecule has 3 rings (SSSR count). The Morgan fingerprint density at radius 3 is 2.62 bits per heavy atom. The maximum Gasteiger partial charge on any atom is 0.116 e. The van der Waals surface area contributed by atoms with Crippen LogP contribution in [0.2, 0.25) is 0 Å². The van der Waals surface area contributed by atoms with E-state index in [1.165, 1.54) is 43.4 Å². The van der Waals surface area contributed by atoms with Crippen molar-refractivity contribution in [1.29, 1.82) is 0 Å². The van der Waals surface area contributed by atoms with Crippen molar-refractivity contribution in [3.05, 3.63) is 23.8 Å². The number of hydrogen-bond donors (Lipinski definition) is 2. The van der Waals surface area contributed by atoms with Crippen LogP contribution in [0.25, 0.3) is 0 Å². The van der Waals surface area contributed by atoms with E-state index >= 15 is 0 Å². The molecule has 1 aromatic rings. The first-order valence-corrected chi connectivity index (χ1v) is 5.88. The Balaban J connectivity index is 0.000000963. The zero-order valence-electron chi connectivity index (χ0n) is 9.33. The van der Waals surface area contributed by atoms with Gasteiger partial charge in [0, 0.05) is 17.6 Å². The van der Waals surface area contributed by atoms with Gasteiger partial charge in [-0.1, -0.05) is 19.3 Å². The Bertz CT molecular complexity index is 380. The number of fused-ring (bicyclic) bond motifs is 2. The lowest BCUT2D eigenvalue weighted by molar-refractivity contribution is 0.318. The third kappa shape index (κ3) is 1.65. The smallest absolute Gasteiger partial charge is 0.116 e. The van der Waals surface area contributed by atoms with Crippen LogP contribution in [-0.4, -0.2) is 11.7 Å². The molecule has 1 saturated carbocycles. The second kappa shape index (κ2) is 4.17. The summed E-state index contributed by atoms with van der Waals surface area (Å²) in [5.41, 5.74) is 2.91. The Morgan fingerprint density at radius 2 is 1.88 bits per heavy atom. The fraction of sp³-hybridized carbons (Fsp3) is 0.538. The molecule has 2 nitrogen and oxygen atoms in total. The summed E-state index contributed by atoms with van der Waals surface area (Å²) >= 11 is 0.